The van der Waals surface area contributed by atoms with Crippen LogP contribution in [0.3, 0.4) is 0 Å². The fraction of sp³-hybridized carbons (Fsp3) is 0.100. The predicted octanol–water partition coefficient (Wildman–Crippen LogP) is 2.61. The Kier molecular flexibility index (Phi) is 2.69. The quantitative estimate of drug-likeness (QED) is 0.711. The van der Waals surface area contributed by atoms with Crippen LogP contribution < -0.4 is 5.32 Å². The average molecular weight is 263 g/mol. The number of nitrogens with one attached hydrogen (secondary N) is 2. The summed E-state index contributed by atoms with van der Waals surface area (Å²) < 4.78 is 1.20. The van der Waals surface area contributed by atoms with Crippen molar-refractivity contribution in [1.29, 1.82) is 0 Å². The predicted molar refractivity (Wildman–Crippen MR) is 69.7 cm³/mol. The molecule has 0 amide bonds. The van der Waals surface area contributed by atoms with Crippen LogP contribution in [0.4, 0.5) is 5.95 Å². The Bertz CT molecular complexity index is 631. The molecule has 0 saturated carbocycles. The highest BCUT2D eigenvalue weighted by molar-refractivity contribution is 8.01. The maximum atomic E-state index is 4.45. The summed E-state index contributed by atoms with van der Waals surface area (Å²) in [6.07, 6.45) is 1.75. The van der Waals surface area contributed by atoms with Gasteiger partial charge >= 0.3 is 0 Å². The van der Waals surface area contributed by atoms with Crippen molar-refractivity contribution < 1.29 is 0 Å². The van der Waals surface area contributed by atoms with Crippen molar-refractivity contribution in [2.45, 2.75) is 9.24 Å². The van der Waals surface area contributed by atoms with Crippen LogP contribution in [0.1, 0.15) is 0 Å². The number of aromatic nitrogens is 4. The Balaban J connectivity index is 2.10. The number of thiophene rings is 1. The number of H-pyrrole nitrogens is 1. The summed E-state index contributed by atoms with van der Waals surface area (Å²) in [6, 6.07) is 4.10. The van der Waals surface area contributed by atoms with Crippen molar-refractivity contribution in [3.63, 3.8) is 0 Å². The molecule has 0 unspecified atom stereocenters. The van der Waals surface area contributed by atoms with Gasteiger partial charge in [0.05, 0.1) is 15.8 Å². The molecule has 0 aliphatic heterocycles. The van der Waals surface area contributed by atoms with Crippen molar-refractivity contribution >= 4 is 40.1 Å². The number of nitrogens with zero attached hydrogens (tertiary/aromatic N) is 3. The summed E-state index contributed by atoms with van der Waals surface area (Å²) >= 11 is 3.32. The van der Waals surface area contributed by atoms with E-state index in [9.17, 15) is 0 Å². The molecule has 3 heterocycles. The van der Waals surface area contributed by atoms with Crippen LogP contribution in [0.15, 0.2) is 32.9 Å². The van der Waals surface area contributed by atoms with Crippen molar-refractivity contribution in [3.8, 4) is 0 Å². The van der Waals surface area contributed by atoms with Gasteiger partial charge in [-0.1, -0.05) is 17.8 Å². The van der Waals surface area contributed by atoms with Gasteiger partial charge in [-0.3, -0.25) is 5.10 Å². The van der Waals surface area contributed by atoms with Gasteiger partial charge in [0.25, 0.3) is 0 Å². The second-order valence-electron chi connectivity index (χ2n) is 3.27. The zero-order valence-electron chi connectivity index (χ0n) is 8.97. The summed E-state index contributed by atoms with van der Waals surface area (Å²) in [7, 11) is 1.80. The lowest BCUT2D eigenvalue weighted by Crippen LogP contribution is -1.97. The van der Waals surface area contributed by atoms with E-state index in [1.54, 1.807) is 36.3 Å². The van der Waals surface area contributed by atoms with Gasteiger partial charge in [-0.05, 0) is 11.4 Å². The van der Waals surface area contributed by atoms with E-state index < -0.39 is 0 Å². The van der Waals surface area contributed by atoms with E-state index in [0.717, 1.165) is 16.1 Å². The highest BCUT2D eigenvalue weighted by atomic mass is 32.2. The third-order valence-corrected chi connectivity index (χ3v) is 4.23. The van der Waals surface area contributed by atoms with E-state index in [1.807, 2.05) is 6.07 Å². The molecule has 0 aromatic carbocycles. The molecule has 3 aromatic heterocycles. The second-order valence-corrected chi connectivity index (χ2v) is 5.51. The van der Waals surface area contributed by atoms with Gasteiger partial charge in [0, 0.05) is 7.05 Å². The summed E-state index contributed by atoms with van der Waals surface area (Å²) in [5.74, 6) is 0.598. The van der Waals surface area contributed by atoms with E-state index in [-0.39, 0.29) is 0 Å². The highest BCUT2D eigenvalue weighted by Gasteiger charge is 2.10. The Morgan fingerprint density at radius 3 is 3.12 bits per heavy atom. The normalized spacial score (nSPS) is 10.9. The maximum Gasteiger partial charge on any atom is 0.225 e. The molecule has 3 aromatic rings. The molecule has 0 aliphatic rings. The van der Waals surface area contributed by atoms with Crippen molar-refractivity contribution in [1.82, 2.24) is 20.2 Å². The molecule has 17 heavy (non-hydrogen) atoms. The van der Waals surface area contributed by atoms with Crippen LogP contribution in [0.5, 0.6) is 0 Å². The molecule has 0 atom stereocenters. The van der Waals surface area contributed by atoms with Crippen LogP contribution in [-0.2, 0) is 0 Å². The molecule has 0 fully saturated rings. The lowest BCUT2D eigenvalue weighted by molar-refractivity contribution is 1.06. The molecule has 86 valence electrons. The van der Waals surface area contributed by atoms with E-state index in [1.165, 1.54) is 4.21 Å². The largest absolute Gasteiger partial charge is 0.357 e. The monoisotopic (exact) mass is 263 g/mol. The first-order valence-corrected chi connectivity index (χ1v) is 6.66. The molecular formula is C10H9N5S2. The fourth-order valence-electron chi connectivity index (χ4n) is 1.41. The van der Waals surface area contributed by atoms with Crippen LogP contribution in [0, 0.1) is 0 Å². The number of fused-ring (bicyclic) bond motifs is 1. The molecule has 0 aliphatic carbocycles. The molecular weight excluding hydrogens is 254 g/mol. The standard InChI is InChI=1S/C10H9N5S2/c1-11-10-13-8-6(5-12-15-8)9(14-10)17-7-3-2-4-16-7/h2-5H,1H3,(H2,11,12,13,14,15). The summed E-state index contributed by atoms with van der Waals surface area (Å²) in [4.78, 5) is 8.75. The minimum atomic E-state index is 0.598. The number of aromatic amines is 1. The Morgan fingerprint density at radius 1 is 1.41 bits per heavy atom. The first-order chi connectivity index (χ1) is 8.36. The van der Waals surface area contributed by atoms with Gasteiger partial charge in [-0.15, -0.1) is 11.3 Å². The molecule has 0 bridgehead atoms. The molecule has 0 spiro atoms. The zero-order chi connectivity index (χ0) is 11.7. The van der Waals surface area contributed by atoms with Gasteiger partial charge in [0.2, 0.25) is 5.95 Å². The van der Waals surface area contributed by atoms with Gasteiger partial charge in [0.1, 0.15) is 5.03 Å². The van der Waals surface area contributed by atoms with E-state index in [2.05, 4.69) is 36.9 Å². The minimum absolute atomic E-state index is 0.598. The van der Waals surface area contributed by atoms with Crippen LogP contribution in [-0.4, -0.2) is 27.2 Å². The van der Waals surface area contributed by atoms with Gasteiger partial charge in [0.15, 0.2) is 5.65 Å². The van der Waals surface area contributed by atoms with Crippen molar-refractivity contribution in [3.05, 3.63) is 23.7 Å². The second kappa shape index (κ2) is 4.34. The molecule has 0 radical (unpaired) electrons. The third-order valence-electron chi connectivity index (χ3n) is 2.19. The lowest BCUT2D eigenvalue weighted by atomic mass is 10.4. The maximum absolute atomic E-state index is 4.45. The minimum Gasteiger partial charge on any atom is -0.357 e. The van der Waals surface area contributed by atoms with Crippen molar-refractivity contribution in [2.75, 3.05) is 12.4 Å². The Labute approximate surface area is 106 Å². The Morgan fingerprint density at radius 2 is 2.35 bits per heavy atom. The van der Waals surface area contributed by atoms with E-state index >= 15 is 0 Å². The van der Waals surface area contributed by atoms with E-state index in [0.29, 0.717) is 5.95 Å². The van der Waals surface area contributed by atoms with Gasteiger partial charge < -0.3 is 5.32 Å². The molecule has 0 saturated heterocycles. The van der Waals surface area contributed by atoms with E-state index in [4.69, 9.17) is 0 Å². The number of hydrogen-bond acceptors (Lipinski definition) is 6. The number of anilines is 1. The smallest absolute Gasteiger partial charge is 0.225 e. The SMILES string of the molecule is CNc1nc(Sc2cccs2)c2cn[nH]c2n1. The molecule has 5 nitrogen and oxygen atoms in total. The summed E-state index contributed by atoms with van der Waals surface area (Å²) in [5.41, 5.74) is 0.753. The first-order valence-electron chi connectivity index (χ1n) is 4.97. The zero-order valence-corrected chi connectivity index (χ0v) is 10.6. The highest BCUT2D eigenvalue weighted by Crippen LogP contribution is 2.34. The molecule has 2 N–H and O–H groups in total. The third kappa shape index (κ3) is 1.98. The van der Waals surface area contributed by atoms with Crippen LogP contribution in [0.25, 0.3) is 11.0 Å². The van der Waals surface area contributed by atoms with Crippen LogP contribution >= 0.6 is 23.1 Å². The summed E-state index contributed by atoms with van der Waals surface area (Å²) in [5, 5.41) is 13.7. The number of hydrogen-bond donors (Lipinski definition) is 2. The topological polar surface area (TPSA) is 66.5 Å². The van der Waals surface area contributed by atoms with Gasteiger partial charge in [-0.25, -0.2) is 4.98 Å². The molecule has 7 heteroatoms. The fourth-order valence-corrected chi connectivity index (χ4v) is 3.19. The average Bonchev–Trinajstić information content (AvgIpc) is 2.98. The van der Waals surface area contributed by atoms with Crippen molar-refractivity contribution in [2.24, 2.45) is 0 Å². The lowest BCUT2D eigenvalue weighted by Gasteiger charge is -2.03. The van der Waals surface area contributed by atoms with Gasteiger partial charge in [-0.2, -0.15) is 10.1 Å². The molecule has 3 rings (SSSR count). The Hall–Kier alpha value is -1.60. The first kappa shape index (κ1) is 10.5. The van der Waals surface area contributed by atoms with Crippen LogP contribution in [0.2, 0.25) is 0 Å². The summed E-state index contributed by atoms with van der Waals surface area (Å²) in [6.45, 7) is 0. The number of rotatable bonds is 3.